The van der Waals surface area contributed by atoms with E-state index in [0.717, 1.165) is 20.1 Å². The number of nitrogens with zero attached hydrogens (tertiary/aromatic N) is 2. The Hall–Kier alpha value is -2.25. The van der Waals surface area contributed by atoms with Crippen LogP contribution in [0.5, 0.6) is 0 Å². The van der Waals surface area contributed by atoms with Crippen molar-refractivity contribution in [2.45, 2.75) is 39.8 Å². The molecule has 0 N–H and O–H groups in total. The topological polar surface area (TPSA) is 59.5 Å². The van der Waals surface area contributed by atoms with Crippen molar-refractivity contribution in [2.24, 2.45) is 0 Å². The predicted octanol–water partition coefficient (Wildman–Crippen LogP) is 4.83. The Kier molecular flexibility index (Phi) is 5.92. The van der Waals surface area contributed by atoms with E-state index in [2.05, 4.69) is 4.98 Å². The summed E-state index contributed by atoms with van der Waals surface area (Å²) in [4.78, 5) is 32.4. The number of ether oxygens (including phenoxy) is 1. The van der Waals surface area contributed by atoms with Gasteiger partial charge in [-0.1, -0.05) is 12.1 Å². The number of fused-ring (bicyclic) bond motifs is 1. The first-order valence-electron chi connectivity index (χ1n) is 8.81. The maximum atomic E-state index is 12.3. The zero-order valence-corrected chi connectivity index (χ0v) is 17.4. The van der Waals surface area contributed by atoms with Crippen LogP contribution in [0.25, 0.3) is 20.1 Å². The van der Waals surface area contributed by atoms with Gasteiger partial charge in [0.25, 0.3) is 5.91 Å². The highest BCUT2D eigenvalue weighted by atomic mass is 32.1. The molecule has 1 aromatic carbocycles. The van der Waals surface area contributed by atoms with Gasteiger partial charge in [0.2, 0.25) is 0 Å². The van der Waals surface area contributed by atoms with E-state index in [1.807, 2.05) is 58.0 Å². The van der Waals surface area contributed by atoms with Crippen LogP contribution in [0.3, 0.4) is 0 Å². The number of benzene rings is 1. The Morgan fingerprint density at radius 2 is 1.74 bits per heavy atom. The summed E-state index contributed by atoms with van der Waals surface area (Å²) < 4.78 is 6.35. The monoisotopic (exact) mass is 402 g/mol. The van der Waals surface area contributed by atoms with Gasteiger partial charge in [-0.15, -0.1) is 22.7 Å². The summed E-state index contributed by atoms with van der Waals surface area (Å²) in [5, 5.41) is 0.877. The fourth-order valence-electron chi connectivity index (χ4n) is 2.99. The summed E-state index contributed by atoms with van der Waals surface area (Å²) in [5.41, 5.74) is 0.947. The van der Waals surface area contributed by atoms with Crippen LogP contribution in [-0.2, 0) is 9.53 Å². The van der Waals surface area contributed by atoms with Crippen LogP contribution in [0.1, 0.15) is 37.4 Å². The lowest BCUT2D eigenvalue weighted by molar-refractivity contribution is -0.138. The summed E-state index contributed by atoms with van der Waals surface area (Å²) in [5.74, 6) is -0.663. The number of para-hydroxylation sites is 1. The first-order valence-corrected chi connectivity index (χ1v) is 10.4. The number of hydrogen-bond donors (Lipinski definition) is 0. The van der Waals surface area contributed by atoms with E-state index in [4.69, 9.17) is 4.74 Å². The van der Waals surface area contributed by atoms with E-state index in [1.54, 1.807) is 22.3 Å². The van der Waals surface area contributed by atoms with Crippen LogP contribution in [0, 0.1) is 0 Å². The molecular weight excluding hydrogens is 380 g/mol. The van der Waals surface area contributed by atoms with E-state index in [9.17, 15) is 9.59 Å². The van der Waals surface area contributed by atoms with Crippen molar-refractivity contribution < 1.29 is 14.3 Å². The second-order valence-electron chi connectivity index (χ2n) is 6.72. The number of thiazole rings is 1. The maximum Gasteiger partial charge on any atom is 0.348 e. The lowest BCUT2D eigenvalue weighted by atomic mass is 10.2. The molecule has 27 heavy (non-hydrogen) atoms. The number of rotatable bonds is 6. The van der Waals surface area contributed by atoms with Gasteiger partial charge in [-0.25, -0.2) is 9.78 Å². The smallest absolute Gasteiger partial charge is 0.348 e. The van der Waals surface area contributed by atoms with Gasteiger partial charge in [-0.3, -0.25) is 4.79 Å². The van der Waals surface area contributed by atoms with Gasteiger partial charge in [0, 0.05) is 12.1 Å². The summed E-state index contributed by atoms with van der Waals surface area (Å²) in [6.45, 7) is 7.54. The van der Waals surface area contributed by atoms with Crippen LogP contribution in [-0.4, -0.2) is 40.5 Å². The first kappa shape index (κ1) is 19.5. The van der Waals surface area contributed by atoms with Crippen molar-refractivity contribution in [3.8, 4) is 9.88 Å². The standard InChI is InChI=1S/C20H22N2O3S2/c1-12(2)22(13(3)4)18(23)11-25-20(24)17-10-9-16(26-17)19-21-14-7-5-6-8-15(14)27-19/h5-10,12-13H,11H2,1-4H3. The normalized spacial score (nSPS) is 11.3. The molecule has 0 spiro atoms. The molecule has 0 fully saturated rings. The molecule has 0 unspecified atom stereocenters. The van der Waals surface area contributed by atoms with Crippen molar-refractivity contribution >= 4 is 44.8 Å². The highest BCUT2D eigenvalue weighted by molar-refractivity contribution is 7.26. The van der Waals surface area contributed by atoms with Gasteiger partial charge in [0.05, 0.1) is 15.1 Å². The van der Waals surface area contributed by atoms with Crippen molar-refractivity contribution in [2.75, 3.05) is 6.61 Å². The molecule has 0 aliphatic carbocycles. The number of amides is 1. The largest absolute Gasteiger partial charge is 0.451 e. The molecule has 5 nitrogen and oxygen atoms in total. The third kappa shape index (κ3) is 4.36. The Balaban J connectivity index is 1.67. The Morgan fingerprint density at radius 3 is 2.41 bits per heavy atom. The summed E-state index contributed by atoms with van der Waals surface area (Å²) >= 11 is 2.92. The first-order chi connectivity index (χ1) is 12.9. The number of thiophene rings is 1. The van der Waals surface area contributed by atoms with E-state index in [0.29, 0.717) is 4.88 Å². The van der Waals surface area contributed by atoms with Crippen LogP contribution >= 0.6 is 22.7 Å². The molecule has 0 saturated carbocycles. The number of carbonyl (C=O) groups excluding carboxylic acids is 2. The Labute approximate surface area is 166 Å². The molecule has 3 aromatic rings. The second-order valence-corrected chi connectivity index (χ2v) is 8.83. The van der Waals surface area contributed by atoms with Gasteiger partial charge in [-0.2, -0.15) is 0 Å². The number of carbonyl (C=O) groups is 2. The van der Waals surface area contributed by atoms with Crippen molar-refractivity contribution in [1.82, 2.24) is 9.88 Å². The molecule has 2 heterocycles. The third-order valence-corrected chi connectivity index (χ3v) is 6.31. The van der Waals surface area contributed by atoms with E-state index < -0.39 is 5.97 Å². The Bertz CT molecular complexity index is 918. The van der Waals surface area contributed by atoms with Crippen LogP contribution in [0.4, 0.5) is 0 Å². The minimum atomic E-state index is -0.479. The number of esters is 1. The second kappa shape index (κ2) is 8.19. The minimum Gasteiger partial charge on any atom is -0.451 e. The average Bonchev–Trinajstić information content (AvgIpc) is 3.25. The molecule has 0 aliphatic heterocycles. The average molecular weight is 403 g/mol. The molecule has 7 heteroatoms. The lowest BCUT2D eigenvalue weighted by Crippen LogP contribution is -2.44. The van der Waals surface area contributed by atoms with Crippen molar-refractivity contribution in [3.05, 3.63) is 41.3 Å². The summed E-state index contributed by atoms with van der Waals surface area (Å²) in [6.07, 6.45) is 0. The fourth-order valence-corrected chi connectivity index (χ4v) is 4.91. The van der Waals surface area contributed by atoms with Gasteiger partial charge >= 0.3 is 5.97 Å². The molecule has 142 valence electrons. The van der Waals surface area contributed by atoms with Crippen LogP contribution in [0.15, 0.2) is 36.4 Å². The molecule has 0 bridgehead atoms. The van der Waals surface area contributed by atoms with Crippen LogP contribution < -0.4 is 0 Å². The highest BCUT2D eigenvalue weighted by Crippen LogP contribution is 2.34. The molecule has 0 atom stereocenters. The van der Waals surface area contributed by atoms with E-state index in [-0.39, 0.29) is 24.6 Å². The molecule has 2 aromatic heterocycles. The molecule has 0 radical (unpaired) electrons. The molecule has 0 aliphatic rings. The zero-order valence-electron chi connectivity index (χ0n) is 15.8. The van der Waals surface area contributed by atoms with Gasteiger partial charge in [-0.05, 0) is 52.0 Å². The SMILES string of the molecule is CC(C)N(C(=O)COC(=O)c1ccc(-c2nc3ccccc3s2)s1)C(C)C. The molecular formula is C20H22N2O3S2. The van der Waals surface area contributed by atoms with Gasteiger partial charge < -0.3 is 9.64 Å². The van der Waals surface area contributed by atoms with E-state index in [1.165, 1.54) is 11.3 Å². The van der Waals surface area contributed by atoms with E-state index >= 15 is 0 Å². The van der Waals surface area contributed by atoms with Crippen molar-refractivity contribution in [3.63, 3.8) is 0 Å². The van der Waals surface area contributed by atoms with Gasteiger partial charge in [0.1, 0.15) is 9.88 Å². The number of hydrogen-bond acceptors (Lipinski definition) is 6. The van der Waals surface area contributed by atoms with Gasteiger partial charge in [0.15, 0.2) is 6.61 Å². The summed E-state index contributed by atoms with van der Waals surface area (Å²) in [6, 6.07) is 11.6. The highest BCUT2D eigenvalue weighted by Gasteiger charge is 2.22. The summed E-state index contributed by atoms with van der Waals surface area (Å²) in [7, 11) is 0. The quantitative estimate of drug-likeness (QED) is 0.554. The lowest BCUT2D eigenvalue weighted by Gasteiger charge is -2.30. The minimum absolute atomic E-state index is 0.0589. The Morgan fingerprint density at radius 1 is 1.04 bits per heavy atom. The molecule has 0 saturated heterocycles. The molecule has 3 rings (SSSR count). The third-order valence-electron chi connectivity index (χ3n) is 4.04. The number of aromatic nitrogens is 1. The fraction of sp³-hybridized carbons (Fsp3) is 0.350. The van der Waals surface area contributed by atoms with Crippen LogP contribution in [0.2, 0.25) is 0 Å². The maximum absolute atomic E-state index is 12.3. The van der Waals surface area contributed by atoms with Crippen molar-refractivity contribution in [1.29, 1.82) is 0 Å². The molecule has 1 amide bonds. The predicted molar refractivity (Wildman–Crippen MR) is 110 cm³/mol. The zero-order chi connectivity index (χ0) is 19.6.